The number of rotatable bonds is 1. The third-order valence-electron chi connectivity index (χ3n) is 5.37. The quantitative estimate of drug-likeness (QED) is 0.860. The monoisotopic (exact) mass is 328 g/mol. The third kappa shape index (κ3) is 3.80. The van der Waals surface area contributed by atoms with Crippen LogP contribution < -0.4 is 5.32 Å². The van der Waals surface area contributed by atoms with Gasteiger partial charge in [0.05, 0.1) is 5.92 Å². The molecule has 1 heterocycles. The average Bonchev–Trinajstić information content (AvgIpc) is 3.04. The summed E-state index contributed by atoms with van der Waals surface area (Å²) in [5, 5.41) is 3.08. The van der Waals surface area contributed by atoms with Crippen LogP contribution in [-0.2, 0) is 4.79 Å². The van der Waals surface area contributed by atoms with Gasteiger partial charge in [0, 0.05) is 24.7 Å². The van der Waals surface area contributed by atoms with Gasteiger partial charge in [-0.25, -0.2) is 0 Å². The van der Waals surface area contributed by atoms with Crippen molar-refractivity contribution in [2.75, 3.05) is 13.1 Å². The zero-order valence-electron chi connectivity index (χ0n) is 14.6. The highest BCUT2D eigenvalue weighted by Crippen LogP contribution is 2.32. The molecule has 1 saturated carbocycles. The van der Waals surface area contributed by atoms with E-state index in [4.69, 9.17) is 0 Å². The van der Waals surface area contributed by atoms with E-state index in [0.29, 0.717) is 0 Å². The fraction of sp³-hybridized carbons (Fsp3) is 0.600. The molecule has 0 unspecified atom stereocenters. The molecule has 24 heavy (non-hydrogen) atoms. The molecule has 0 radical (unpaired) electrons. The lowest BCUT2D eigenvalue weighted by Gasteiger charge is -2.32. The van der Waals surface area contributed by atoms with Crippen LogP contribution in [0.3, 0.4) is 0 Å². The Balaban J connectivity index is 1.86. The van der Waals surface area contributed by atoms with Gasteiger partial charge >= 0.3 is 0 Å². The van der Waals surface area contributed by atoms with Crippen molar-refractivity contribution in [1.82, 2.24) is 10.2 Å². The minimum absolute atomic E-state index is 0.0446. The van der Waals surface area contributed by atoms with Gasteiger partial charge in [-0.2, -0.15) is 0 Å². The van der Waals surface area contributed by atoms with Crippen molar-refractivity contribution in [3.8, 4) is 0 Å². The van der Waals surface area contributed by atoms with E-state index >= 15 is 0 Å². The maximum Gasteiger partial charge on any atom is 0.254 e. The van der Waals surface area contributed by atoms with E-state index in [0.717, 1.165) is 69.2 Å². The number of fused-ring (bicyclic) bond motifs is 1. The first-order chi connectivity index (χ1) is 11.7. The van der Waals surface area contributed by atoms with Gasteiger partial charge in [0.1, 0.15) is 0 Å². The smallest absolute Gasteiger partial charge is 0.254 e. The molecule has 0 aromatic heterocycles. The summed E-state index contributed by atoms with van der Waals surface area (Å²) in [4.78, 5) is 27.7. The number of amides is 2. The first-order valence-electron chi connectivity index (χ1n) is 9.32. The normalized spacial score (nSPS) is 25.5. The topological polar surface area (TPSA) is 49.4 Å². The minimum atomic E-state index is -0.0446. The van der Waals surface area contributed by atoms with E-state index in [2.05, 4.69) is 5.32 Å². The second-order valence-electron chi connectivity index (χ2n) is 7.18. The predicted molar refractivity (Wildman–Crippen MR) is 94.8 cm³/mol. The lowest BCUT2D eigenvalue weighted by Crippen LogP contribution is -2.47. The summed E-state index contributed by atoms with van der Waals surface area (Å²) in [5.74, 6) is 0.181. The highest BCUT2D eigenvalue weighted by Gasteiger charge is 2.38. The van der Waals surface area contributed by atoms with E-state index in [9.17, 15) is 9.59 Å². The Kier molecular flexibility index (Phi) is 5.54. The SMILES string of the molecule is Cc1cccc(C(=O)N2CCCCCCNC(=O)[C@@H]3CCC[C@@H]32)c1. The molecule has 2 amide bonds. The van der Waals surface area contributed by atoms with Crippen LogP contribution in [0.15, 0.2) is 24.3 Å². The second kappa shape index (κ2) is 7.82. The largest absolute Gasteiger partial charge is 0.356 e. The van der Waals surface area contributed by atoms with Gasteiger partial charge in [-0.3, -0.25) is 9.59 Å². The molecular weight excluding hydrogens is 300 g/mol. The Morgan fingerprint density at radius 2 is 1.96 bits per heavy atom. The number of benzene rings is 1. The van der Waals surface area contributed by atoms with E-state index < -0.39 is 0 Å². The van der Waals surface area contributed by atoms with Crippen LogP contribution in [-0.4, -0.2) is 35.8 Å². The van der Waals surface area contributed by atoms with Gasteiger partial charge in [0.25, 0.3) is 5.91 Å². The summed E-state index contributed by atoms with van der Waals surface area (Å²) >= 11 is 0. The summed E-state index contributed by atoms with van der Waals surface area (Å²) in [6, 6.07) is 7.85. The maximum atomic E-state index is 13.1. The van der Waals surface area contributed by atoms with Gasteiger partial charge < -0.3 is 10.2 Å². The predicted octanol–water partition coefficient (Wildman–Crippen LogP) is 3.30. The first-order valence-corrected chi connectivity index (χ1v) is 9.32. The lowest BCUT2D eigenvalue weighted by atomic mass is 9.99. The molecule has 1 aromatic rings. The fourth-order valence-electron chi connectivity index (χ4n) is 4.08. The van der Waals surface area contributed by atoms with Crippen LogP contribution in [0.1, 0.15) is 60.9 Å². The van der Waals surface area contributed by atoms with E-state index in [-0.39, 0.29) is 23.8 Å². The van der Waals surface area contributed by atoms with Crippen LogP contribution >= 0.6 is 0 Å². The Bertz CT molecular complexity index is 599. The molecule has 130 valence electrons. The molecular formula is C20H28N2O2. The molecule has 1 aromatic carbocycles. The summed E-state index contributed by atoms with van der Waals surface area (Å²) < 4.78 is 0. The van der Waals surface area contributed by atoms with Gasteiger partial charge in [-0.05, 0) is 44.7 Å². The van der Waals surface area contributed by atoms with E-state index in [1.807, 2.05) is 36.1 Å². The molecule has 3 rings (SSSR count). The van der Waals surface area contributed by atoms with Gasteiger partial charge in [-0.15, -0.1) is 0 Å². The van der Waals surface area contributed by atoms with Crippen molar-refractivity contribution in [2.24, 2.45) is 5.92 Å². The third-order valence-corrected chi connectivity index (χ3v) is 5.37. The standard InChI is InChI=1S/C20H28N2O2/c1-15-8-6-9-16(14-15)20(24)22-13-5-3-2-4-12-21-19(23)17-10-7-11-18(17)22/h6,8-9,14,17-18H,2-5,7,10-13H2,1H3,(H,21,23)/t17-,18+/m1/s1. The molecule has 1 saturated heterocycles. The number of hydrogen-bond donors (Lipinski definition) is 1. The van der Waals surface area contributed by atoms with Gasteiger partial charge in [-0.1, -0.05) is 37.0 Å². The van der Waals surface area contributed by atoms with Crippen LogP contribution in [0.2, 0.25) is 0 Å². The van der Waals surface area contributed by atoms with E-state index in [1.54, 1.807) is 0 Å². The summed E-state index contributed by atoms with van der Waals surface area (Å²) in [6.07, 6.45) is 7.15. The maximum absolute atomic E-state index is 13.1. The molecule has 2 aliphatic rings. The number of carbonyl (C=O) groups excluding carboxylic acids is 2. The lowest BCUT2D eigenvalue weighted by molar-refractivity contribution is -0.126. The highest BCUT2D eigenvalue weighted by molar-refractivity contribution is 5.95. The number of hydrogen-bond acceptors (Lipinski definition) is 2. The Morgan fingerprint density at radius 1 is 1.12 bits per heavy atom. The number of nitrogens with one attached hydrogen (secondary N) is 1. The Morgan fingerprint density at radius 3 is 2.79 bits per heavy atom. The average molecular weight is 328 g/mol. The molecule has 1 aliphatic heterocycles. The molecule has 2 atom stereocenters. The molecule has 2 fully saturated rings. The number of nitrogens with zero attached hydrogens (tertiary/aromatic N) is 1. The van der Waals surface area contributed by atoms with Crippen LogP contribution in [0.5, 0.6) is 0 Å². The van der Waals surface area contributed by atoms with Gasteiger partial charge in [0.2, 0.25) is 5.91 Å². The molecule has 0 bridgehead atoms. The second-order valence-corrected chi connectivity index (χ2v) is 7.18. The molecule has 4 heteroatoms. The van der Waals surface area contributed by atoms with Crippen molar-refractivity contribution in [1.29, 1.82) is 0 Å². The zero-order valence-corrected chi connectivity index (χ0v) is 14.6. The van der Waals surface area contributed by atoms with Crippen molar-refractivity contribution in [2.45, 2.75) is 57.9 Å². The summed E-state index contributed by atoms with van der Waals surface area (Å²) in [5.41, 5.74) is 1.84. The minimum Gasteiger partial charge on any atom is -0.356 e. The number of aryl methyl sites for hydroxylation is 1. The fourth-order valence-corrected chi connectivity index (χ4v) is 4.08. The summed E-state index contributed by atoms with van der Waals surface area (Å²) in [7, 11) is 0. The first kappa shape index (κ1) is 17.0. The number of carbonyl (C=O) groups is 2. The van der Waals surface area contributed by atoms with Crippen molar-refractivity contribution < 1.29 is 9.59 Å². The molecule has 0 spiro atoms. The van der Waals surface area contributed by atoms with E-state index in [1.165, 1.54) is 0 Å². The van der Waals surface area contributed by atoms with Crippen molar-refractivity contribution in [3.63, 3.8) is 0 Å². The van der Waals surface area contributed by atoms with Crippen LogP contribution in [0.25, 0.3) is 0 Å². The highest BCUT2D eigenvalue weighted by atomic mass is 16.2. The van der Waals surface area contributed by atoms with Gasteiger partial charge in [0.15, 0.2) is 0 Å². The van der Waals surface area contributed by atoms with Crippen LogP contribution in [0, 0.1) is 12.8 Å². The summed E-state index contributed by atoms with van der Waals surface area (Å²) in [6.45, 7) is 3.55. The molecule has 1 N–H and O–H groups in total. The zero-order chi connectivity index (χ0) is 16.9. The Hall–Kier alpha value is -1.84. The van der Waals surface area contributed by atoms with Crippen LogP contribution in [0.4, 0.5) is 0 Å². The van der Waals surface area contributed by atoms with Crippen molar-refractivity contribution >= 4 is 11.8 Å². The molecule has 4 nitrogen and oxygen atoms in total. The Labute approximate surface area is 144 Å². The molecule has 1 aliphatic carbocycles. The van der Waals surface area contributed by atoms with Crippen molar-refractivity contribution in [3.05, 3.63) is 35.4 Å².